The molecule has 1 N–H and O–H groups in total. The van der Waals surface area contributed by atoms with Crippen molar-refractivity contribution in [2.24, 2.45) is 0 Å². The minimum absolute atomic E-state index is 0.0638. The zero-order valence-corrected chi connectivity index (χ0v) is 15.1. The lowest BCUT2D eigenvalue weighted by atomic mass is 10.1. The maximum atomic E-state index is 12.7. The molecule has 25 heavy (non-hydrogen) atoms. The van der Waals surface area contributed by atoms with E-state index in [-0.39, 0.29) is 11.9 Å². The highest BCUT2D eigenvalue weighted by molar-refractivity contribution is 7.99. The van der Waals surface area contributed by atoms with Crippen LogP contribution in [0.15, 0.2) is 82.8 Å². The van der Waals surface area contributed by atoms with Crippen LogP contribution in [0.1, 0.15) is 34.5 Å². The fourth-order valence-corrected chi connectivity index (χ4v) is 3.34. The van der Waals surface area contributed by atoms with E-state index in [1.54, 1.807) is 12.3 Å². The van der Waals surface area contributed by atoms with Crippen molar-refractivity contribution in [2.75, 3.05) is 0 Å². The Labute approximate surface area is 152 Å². The largest absolute Gasteiger partial charge is 0.345 e. The van der Waals surface area contributed by atoms with Crippen LogP contribution in [0.5, 0.6) is 0 Å². The van der Waals surface area contributed by atoms with Gasteiger partial charge >= 0.3 is 0 Å². The molecular weight excluding hydrogens is 328 g/mol. The van der Waals surface area contributed by atoms with E-state index in [1.165, 1.54) is 17.3 Å². The number of benzene rings is 2. The molecule has 1 heterocycles. The van der Waals surface area contributed by atoms with Crippen LogP contribution in [0.4, 0.5) is 0 Å². The lowest BCUT2D eigenvalue weighted by Crippen LogP contribution is -2.27. The van der Waals surface area contributed by atoms with Crippen molar-refractivity contribution in [3.8, 4) is 0 Å². The van der Waals surface area contributed by atoms with E-state index in [4.69, 9.17) is 0 Å². The molecule has 0 radical (unpaired) electrons. The minimum Gasteiger partial charge on any atom is -0.345 e. The summed E-state index contributed by atoms with van der Waals surface area (Å²) in [6.07, 6.45) is 1.72. The highest BCUT2D eigenvalue weighted by atomic mass is 32.2. The van der Waals surface area contributed by atoms with Gasteiger partial charge in [-0.25, -0.2) is 4.98 Å². The van der Waals surface area contributed by atoms with E-state index in [0.717, 1.165) is 10.5 Å². The lowest BCUT2D eigenvalue weighted by Gasteiger charge is -2.15. The summed E-state index contributed by atoms with van der Waals surface area (Å²) < 4.78 is 0. The van der Waals surface area contributed by atoms with Gasteiger partial charge in [0.1, 0.15) is 5.03 Å². The van der Waals surface area contributed by atoms with Gasteiger partial charge in [-0.3, -0.25) is 4.79 Å². The molecule has 1 atom stereocenters. The smallest absolute Gasteiger partial charge is 0.254 e. The molecule has 1 aromatic heterocycles. The maximum Gasteiger partial charge on any atom is 0.254 e. The Hall–Kier alpha value is -2.59. The molecule has 2 aromatic carbocycles. The monoisotopic (exact) mass is 348 g/mol. The number of aromatic nitrogens is 1. The summed E-state index contributed by atoms with van der Waals surface area (Å²) in [6.45, 7) is 4.04. The predicted molar refractivity (Wildman–Crippen MR) is 102 cm³/mol. The topological polar surface area (TPSA) is 42.0 Å². The summed E-state index contributed by atoms with van der Waals surface area (Å²) >= 11 is 1.50. The van der Waals surface area contributed by atoms with Crippen LogP contribution < -0.4 is 5.32 Å². The Kier molecular flexibility index (Phi) is 5.51. The fraction of sp³-hybridized carbons (Fsp3) is 0.143. The number of nitrogens with zero attached hydrogens (tertiary/aromatic N) is 1. The minimum atomic E-state index is -0.112. The molecule has 0 unspecified atom stereocenters. The average molecular weight is 348 g/mol. The highest BCUT2D eigenvalue weighted by Gasteiger charge is 2.16. The molecule has 126 valence electrons. The van der Waals surface area contributed by atoms with Gasteiger partial charge in [0.05, 0.1) is 11.6 Å². The molecule has 3 rings (SSSR count). The first-order chi connectivity index (χ1) is 12.1. The van der Waals surface area contributed by atoms with Gasteiger partial charge in [0.25, 0.3) is 5.91 Å². The predicted octanol–water partition coefficient (Wildman–Crippen LogP) is 5.03. The van der Waals surface area contributed by atoms with Gasteiger partial charge in [-0.15, -0.1) is 0 Å². The number of pyridine rings is 1. The van der Waals surface area contributed by atoms with Gasteiger partial charge in [-0.1, -0.05) is 59.8 Å². The third-order valence-corrected chi connectivity index (χ3v) is 4.93. The number of amides is 1. The number of hydrogen-bond acceptors (Lipinski definition) is 3. The number of aryl methyl sites for hydroxylation is 1. The Balaban J connectivity index is 1.77. The van der Waals surface area contributed by atoms with Gasteiger partial charge in [-0.2, -0.15) is 0 Å². The second-order valence-electron chi connectivity index (χ2n) is 5.88. The first-order valence-corrected chi connectivity index (χ1v) is 9.00. The molecule has 0 saturated heterocycles. The van der Waals surface area contributed by atoms with Crippen molar-refractivity contribution in [1.82, 2.24) is 10.3 Å². The molecule has 3 aromatic rings. The Bertz CT molecular complexity index is 847. The molecular formula is C21H20N2OS. The summed E-state index contributed by atoms with van der Waals surface area (Å²) in [6, 6.07) is 21.7. The summed E-state index contributed by atoms with van der Waals surface area (Å²) in [5.74, 6) is -0.112. The molecule has 0 aliphatic heterocycles. The van der Waals surface area contributed by atoms with E-state index in [9.17, 15) is 4.79 Å². The van der Waals surface area contributed by atoms with E-state index in [2.05, 4.69) is 29.4 Å². The molecule has 0 fully saturated rings. The number of nitrogens with one attached hydrogen (secondary N) is 1. The summed E-state index contributed by atoms with van der Waals surface area (Å²) in [7, 11) is 0. The Morgan fingerprint density at radius 2 is 1.72 bits per heavy atom. The van der Waals surface area contributed by atoms with Gasteiger partial charge < -0.3 is 5.32 Å². The Morgan fingerprint density at radius 3 is 2.44 bits per heavy atom. The average Bonchev–Trinajstić information content (AvgIpc) is 2.64. The van der Waals surface area contributed by atoms with E-state index < -0.39 is 0 Å². The molecule has 4 heteroatoms. The van der Waals surface area contributed by atoms with E-state index in [0.29, 0.717) is 10.6 Å². The first kappa shape index (κ1) is 17.2. The standard InChI is InChI=1S/C21H20N2OS/c1-15-10-12-18(13-11-15)25-21-19(9-6-14-22-21)20(24)23-16(2)17-7-4-3-5-8-17/h3-14,16H,1-2H3,(H,23,24)/t16-/m1/s1. The first-order valence-electron chi connectivity index (χ1n) is 8.19. The molecule has 1 amide bonds. The Morgan fingerprint density at radius 1 is 1.00 bits per heavy atom. The maximum absolute atomic E-state index is 12.7. The zero-order chi connectivity index (χ0) is 17.6. The van der Waals surface area contributed by atoms with Gasteiger partial charge in [0.15, 0.2) is 0 Å². The van der Waals surface area contributed by atoms with Crippen molar-refractivity contribution in [2.45, 2.75) is 29.8 Å². The van der Waals surface area contributed by atoms with Crippen molar-refractivity contribution < 1.29 is 4.79 Å². The molecule has 0 bridgehead atoms. The molecule has 3 nitrogen and oxygen atoms in total. The summed E-state index contributed by atoms with van der Waals surface area (Å²) in [4.78, 5) is 18.2. The van der Waals surface area contributed by atoms with Crippen LogP contribution >= 0.6 is 11.8 Å². The third kappa shape index (κ3) is 4.48. The van der Waals surface area contributed by atoms with Crippen molar-refractivity contribution in [3.63, 3.8) is 0 Å². The molecule has 0 aliphatic rings. The van der Waals surface area contributed by atoms with Gasteiger partial charge in [0, 0.05) is 11.1 Å². The van der Waals surface area contributed by atoms with Crippen LogP contribution in [-0.2, 0) is 0 Å². The molecule has 0 spiro atoms. The van der Waals surface area contributed by atoms with Crippen LogP contribution in [0.2, 0.25) is 0 Å². The molecule has 0 aliphatic carbocycles. The number of carbonyl (C=O) groups is 1. The van der Waals surface area contributed by atoms with Gasteiger partial charge in [-0.05, 0) is 43.7 Å². The normalized spacial score (nSPS) is 11.8. The van der Waals surface area contributed by atoms with E-state index >= 15 is 0 Å². The summed E-state index contributed by atoms with van der Waals surface area (Å²) in [5, 5.41) is 3.77. The van der Waals surface area contributed by atoms with Crippen LogP contribution in [0, 0.1) is 6.92 Å². The quantitative estimate of drug-likeness (QED) is 0.703. The number of rotatable bonds is 5. The van der Waals surface area contributed by atoms with Crippen LogP contribution in [0.25, 0.3) is 0 Å². The third-order valence-electron chi connectivity index (χ3n) is 3.90. The van der Waals surface area contributed by atoms with Crippen molar-refractivity contribution >= 4 is 17.7 Å². The van der Waals surface area contributed by atoms with Crippen LogP contribution in [0.3, 0.4) is 0 Å². The number of hydrogen-bond donors (Lipinski definition) is 1. The lowest BCUT2D eigenvalue weighted by molar-refractivity contribution is 0.0936. The van der Waals surface area contributed by atoms with Crippen molar-refractivity contribution in [1.29, 1.82) is 0 Å². The van der Waals surface area contributed by atoms with Gasteiger partial charge in [0.2, 0.25) is 0 Å². The highest BCUT2D eigenvalue weighted by Crippen LogP contribution is 2.29. The second kappa shape index (κ2) is 7.99. The van der Waals surface area contributed by atoms with Crippen molar-refractivity contribution in [3.05, 3.63) is 89.6 Å². The fourth-order valence-electron chi connectivity index (χ4n) is 2.46. The molecule has 0 saturated carbocycles. The van der Waals surface area contributed by atoms with Crippen LogP contribution in [-0.4, -0.2) is 10.9 Å². The van der Waals surface area contributed by atoms with E-state index in [1.807, 2.05) is 55.5 Å². The number of carbonyl (C=O) groups excluding carboxylic acids is 1. The second-order valence-corrected chi connectivity index (χ2v) is 6.94. The SMILES string of the molecule is Cc1ccc(Sc2ncccc2C(=O)N[C@H](C)c2ccccc2)cc1. The summed E-state index contributed by atoms with van der Waals surface area (Å²) in [5.41, 5.74) is 2.88. The zero-order valence-electron chi connectivity index (χ0n) is 14.3.